The van der Waals surface area contributed by atoms with Gasteiger partial charge in [0.2, 0.25) is 10.0 Å². The number of sulfonamides is 1. The zero-order valence-corrected chi connectivity index (χ0v) is 15.8. The van der Waals surface area contributed by atoms with Crippen LogP contribution in [0.5, 0.6) is 0 Å². The van der Waals surface area contributed by atoms with Gasteiger partial charge in [-0.15, -0.1) is 0 Å². The summed E-state index contributed by atoms with van der Waals surface area (Å²) in [7, 11) is -3.42. The van der Waals surface area contributed by atoms with Crippen LogP contribution in [-0.4, -0.2) is 51.1 Å². The number of pyridine rings is 1. The predicted molar refractivity (Wildman–Crippen MR) is 101 cm³/mol. The van der Waals surface area contributed by atoms with E-state index in [0.717, 1.165) is 29.8 Å². The summed E-state index contributed by atoms with van der Waals surface area (Å²) in [4.78, 5) is 6.43. The summed E-state index contributed by atoms with van der Waals surface area (Å²) >= 11 is 0. The fraction of sp³-hybridized carbons (Fsp3) is 0.421. The second kappa shape index (κ2) is 8.73. The first-order chi connectivity index (χ1) is 12.5. The van der Waals surface area contributed by atoms with Crippen molar-refractivity contribution in [3.63, 3.8) is 0 Å². The summed E-state index contributed by atoms with van der Waals surface area (Å²) in [6.07, 6.45) is 3.52. The van der Waals surface area contributed by atoms with Gasteiger partial charge in [-0.05, 0) is 24.1 Å². The topological polar surface area (TPSA) is 71.5 Å². The van der Waals surface area contributed by atoms with E-state index in [1.165, 1.54) is 0 Å². The van der Waals surface area contributed by atoms with E-state index in [4.69, 9.17) is 4.74 Å². The van der Waals surface area contributed by atoms with Crippen molar-refractivity contribution < 1.29 is 13.2 Å². The molecule has 2 aromatic rings. The minimum Gasteiger partial charge on any atom is -0.379 e. The maximum Gasteiger partial charge on any atom is 0.215 e. The lowest BCUT2D eigenvalue weighted by Gasteiger charge is -2.34. The number of aromatic nitrogens is 1. The number of rotatable bonds is 7. The highest BCUT2D eigenvalue weighted by Gasteiger charge is 2.24. The van der Waals surface area contributed by atoms with Crippen molar-refractivity contribution in [2.45, 2.75) is 18.7 Å². The number of nitrogens with one attached hydrogen (secondary N) is 1. The molecule has 1 N–H and O–H groups in total. The highest BCUT2D eigenvalue weighted by Crippen LogP contribution is 2.21. The third kappa shape index (κ3) is 5.35. The Morgan fingerprint density at radius 2 is 1.92 bits per heavy atom. The number of hydrogen-bond acceptors (Lipinski definition) is 5. The van der Waals surface area contributed by atoms with Crippen LogP contribution >= 0.6 is 0 Å². The molecule has 0 saturated carbocycles. The molecular formula is C19H25N3O3S. The highest BCUT2D eigenvalue weighted by atomic mass is 32.2. The SMILES string of the molecule is Cc1ccc(CS(=O)(=O)NCC(c2cccnc2)N2CCOCC2)cc1. The second-order valence-corrected chi connectivity index (χ2v) is 8.35. The van der Waals surface area contributed by atoms with E-state index in [2.05, 4.69) is 14.6 Å². The van der Waals surface area contributed by atoms with Gasteiger partial charge in [0.15, 0.2) is 0 Å². The number of nitrogens with zero attached hydrogens (tertiary/aromatic N) is 2. The van der Waals surface area contributed by atoms with Gasteiger partial charge < -0.3 is 4.74 Å². The number of ether oxygens (including phenoxy) is 1. The lowest BCUT2D eigenvalue weighted by Crippen LogP contribution is -2.44. The van der Waals surface area contributed by atoms with Gasteiger partial charge in [0, 0.05) is 32.0 Å². The van der Waals surface area contributed by atoms with E-state index in [1.807, 2.05) is 43.3 Å². The molecule has 1 saturated heterocycles. The van der Waals surface area contributed by atoms with Crippen LogP contribution in [0, 0.1) is 6.92 Å². The molecule has 1 aromatic carbocycles. The molecule has 3 rings (SSSR count). The van der Waals surface area contributed by atoms with Crippen molar-refractivity contribution in [3.8, 4) is 0 Å². The lowest BCUT2D eigenvalue weighted by molar-refractivity contribution is 0.0171. The van der Waals surface area contributed by atoms with E-state index >= 15 is 0 Å². The number of benzene rings is 1. The van der Waals surface area contributed by atoms with E-state index < -0.39 is 10.0 Å². The Morgan fingerprint density at radius 3 is 2.58 bits per heavy atom. The van der Waals surface area contributed by atoms with Gasteiger partial charge in [-0.1, -0.05) is 35.9 Å². The summed E-state index contributed by atoms with van der Waals surface area (Å²) in [5, 5.41) is 0. The third-order valence-electron chi connectivity index (χ3n) is 4.53. The fourth-order valence-electron chi connectivity index (χ4n) is 3.08. The molecule has 140 valence electrons. The van der Waals surface area contributed by atoms with E-state index in [9.17, 15) is 8.42 Å². The van der Waals surface area contributed by atoms with Crippen LogP contribution in [-0.2, 0) is 20.5 Å². The Morgan fingerprint density at radius 1 is 1.19 bits per heavy atom. The molecule has 7 heteroatoms. The first-order valence-electron chi connectivity index (χ1n) is 8.78. The Hall–Kier alpha value is -1.80. The van der Waals surface area contributed by atoms with E-state index in [0.29, 0.717) is 19.8 Å². The van der Waals surface area contributed by atoms with Gasteiger partial charge >= 0.3 is 0 Å². The molecule has 0 radical (unpaired) electrons. The molecule has 1 aliphatic rings. The second-order valence-electron chi connectivity index (χ2n) is 6.54. The van der Waals surface area contributed by atoms with Gasteiger partial charge in [-0.2, -0.15) is 0 Å². The van der Waals surface area contributed by atoms with Gasteiger partial charge in [0.1, 0.15) is 0 Å². The van der Waals surface area contributed by atoms with Crippen molar-refractivity contribution in [2.75, 3.05) is 32.8 Å². The standard InChI is InChI=1S/C19H25N3O3S/c1-16-4-6-17(7-5-16)15-26(23,24)21-14-19(18-3-2-8-20-13-18)22-9-11-25-12-10-22/h2-8,13,19,21H,9-12,14-15H2,1H3. The largest absolute Gasteiger partial charge is 0.379 e. The average molecular weight is 375 g/mol. The Balaban J connectivity index is 1.69. The fourth-order valence-corrected chi connectivity index (χ4v) is 4.23. The number of morpholine rings is 1. The monoisotopic (exact) mass is 375 g/mol. The van der Waals surface area contributed by atoms with Crippen LogP contribution in [0.25, 0.3) is 0 Å². The Kier molecular flexibility index (Phi) is 6.37. The van der Waals surface area contributed by atoms with Crippen LogP contribution in [0.15, 0.2) is 48.8 Å². The van der Waals surface area contributed by atoms with Gasteiger partial charge in [-0.3, -0.25) is 9.88 Å². The maximum absolute atomic E-state index is 12.5. The smallest absolute Gasteiger partial charge is 0.215 e. The molecule has 26 heavy (non-hydrogen) atoms. The molecule has 2 heterocycles. The maximum atomic E-state index is 12.5. The summed E-state index contributed by atoms with van der Waals surface area (Å²) in [5.74, 6) is -0.0177. The molecule has 1 atom stereocenters. The zero-order valence-electron chi connectivity index (χ0n) is 15.0. The summed E-state index contributed by atoms with van der Waals surface area (Å²) in [6, 6.07) is 11.4. The molecule has 0 aliphatic carbocycles. The number of hydrogen-bond donors (Lipinski definition) is 1. The average Bonchev–Trinajstić information content (AvgIpc) is 2.65. The van der Waals surface area contributed by atoms with Crippen molar-refractivity contribution in [1.29, 1.82) is 0 Å². The predicted octanol–water partition coefficient (Wildman–Crippen LogP) is 1.88. The lowest BCUT2D eigenvalue weighted by atomic mass is 10.1. The molecular weight excluding hydrogens is 350 g/mol. The molecule has 0 spiro atoms. The molecule has 1 fully saturated rings. The van der Waals surface area contributed by atoms with Crippen molar-refractivity contribution in [3.05, 3.63) is 65.5 Å². The highest BCUT2D eigenvalue weighted by molar-refractivity contribution is 7.88. The van der Waals surface area contributed by atoms with Gasteiger partial charge in [0.25, 0.3) is 0 Å². The van der Waals surface area contributed by atoms with Crippen LogP contribution < -0.4 is 4.72 Å². The van der Waals surface area contributed by atoms with Gasteiger partial charge in [0.05, 0.1) is 25.0 Å². The minimum absolute atomic E-state index is 0.0177. The minimum atomic E-state index is -3.42. The van der Waals surface area contributed by atoms with Crippen molar-refractivity contribution in [2.24, 2.45) is 0 Å². The third-order valence-corrected chi connectivity index (χ3v) is 5.85. The first-order valence-corrected chi connectivity index (χ1v) is 10.4. The van der Waals surface area contributed by atoms with Crippen LogP contribution in [0.1, 0.15) is 22.7 Å². The zero-order chi connectivity index (χ0) is 18.4. The van der Waals surface area contributed by atoms with Crippen LogP contribution in [0.2, 0.25) is 0 Å². The molecule has 1 aromatic heterocycles. The number of aryl methyl sites for hydroxylation is 1. The van der Waals surface area contributed by atoms with E-state index in [-0.39, 0.29) is 11.8 Å². The van der Waals surface area contributed by atoms with E-state index in [1.54, 1.807) is 12.4 Å². The van der Waals surface area contributed by atoms with Crippen LogP contribution in [0.4, 0.5) is 0 Å². The van der Waals surface area contributed by atoms with Crippen LogP contribution in [0.3, 0.4) is 0 Å². The summed E-state index contributed by atoms with van der Waals surface area (Å²) in [6.45, 7) is 5.18. The van der Waals surface area contributed by atoms with Gasteiger partial charge in [-0.25, -0.2) is 13.1 Å². The van der Waals surface area contributed by atoms with Crippen molar-refractivity contribution >= 4 is 10.0 Å². The molecule has 1 unspecified atom stereocenters. The molecule has 1 aliphatic heterocycles. The van der Waals surface area contributed by atoms with Crippen molar-refractivity contribution in [1.82, 2.24) is 14.6 Å². The summed E-state index contributed by atoms with van der Waals surface area (Å²) in [5.41, 5.74) is 2.91. The molecule has 0 bridgehead atoms. The first kappa shape index (κ1) is 19.0. The Bertz CT molecular complexity index is 789. The quantitative estimate of drug-likeness (QED) is 0.800. The Labute approximate surface area is 155 Å². The summed E-state index contributed by atoms with van der Waals surface area (Å²) < 4.78 is 33.3. The molecule has 0 amide bonds. The molecule has 6 nitrogen and oxygen atoms in total. The normalized spacial score (nSPS) is 17.1.